The molecule has 0 aliphatic carbocycles. The fourth-order valence-electron chi connectivity index (χ4n) is 3.12. The molecular weight excluding hydrogens is 396 g/mol. The van der Waals surface area contributed by atoms with Crippen molar-refractivity contribution in [3.05, 3.63) is 48.0 Å². The van der Waals surface area contributed by atoms with Crippen LogP contribution in [0.5, 0.6) is 11.5 Å². The Labute approximate surface area is 169 Å². The van der Waals surface area contributed by atoms with Gasteiger partial charge in [-0.25, -0.2) is 12.7 Å². The van der Waals surface area contributed by atoms with Crippen LogP contribution in [0.4, 0.5) is 11.4 Å². The molecule has 8 nitrogen and oxygen atoms in total. The van der Waals surface area contributed by atoms with Gasteiger partial charge in [0.25, 0.3) is 5.91 Å². The fraction of sp³-hybridized carbons (Fsp3) is 0.300. The first-order valence-electron chi connectivity index (χ1n) is 8.80. The van der Waals surface area contributed by atoms with E-state index in [2.05, 4.69) is 5.32 Å². The monoisotopic (exact) mass is 418 g/mol. The van der Waals surface area contributed by atoms with E-state index < -0.39 is 27.3 Å². The standard InChI is InChI=1S/C20H22N2O6S/c1-20(2)12-29(25,26)22(19(20)24)14-7-5-13(6-8-14)18(23)21-16-11-15(27-3)9-10-17(16)28-4/h5-11H,12H2,1-4H3,(H,21,23). The molecule has 0 bridgehead atoms. The molecule has 1 saturated heterocycles. The van der Waals surface area contributed by atoms with E-state index in [0.717, 1.165) is 4.31 Å². The first kappa shape index (κ1) is 20.7. The summed E-state index contributed by atoms with van der Waals surface area (Å²) in [5.41, 5.74) is -0.0596. The lowest BCUT2D eigenvalue weighted by Gasteiger charge is -2.17. The fourth-order valence-corrected chi connectivity index (χ4v) is 5.22. The number of benzene rings is 2. The van der Waals surface area contributed by atoms with Crippen LogP contribution in [0.15, 0.2) is 42.5 Å². The maximum Gasteiger partial charge on any atom is 0.255 e. The van der Waals surface area contributed by atoms with E-state index in [4.69, 9.17) is 9.47 Å². The van der Waals surface area contributed by atoms with E-state index in [1.165, 1.54) is 38.5 Å². The van der Waals surface area contributed by atoms with Gasteiger partial charge in [-0.2, -0.15) is 0 Å². The Kier molecular flexibility index (Phi) is 5.27. The zero-order valence-electron chi connectivity index (χ0n) is 16.6. The zero-order chi connectivity index (χ0) is 21.4. The van der Waals surface area contributed by atoms with Crippen LogP contribution in [0, 0.1) is 5.41 Å². The van der Waals surface area contributed by atoms with Gasteiger partial charge in [-0.1, -0.05) is 0 Å². The molecule has 3 rings (SSSR count). The Morgan fingerprint density at radius 1 is 1.07 bits per heavy atom. The van der Waals surface area contributed by atoms with Gasteiger partial charge in [0.15, 0.2) is 0 Å². The molecule has 2 aromatic rings. The first-order chi connectivity index (χ1) is 13.6. The Morgan fingerprint density at radius 3 is 2.24 bits per heavy atom. The molecule has 0 spiro atoms. The molecule has 1 aliphatic rings. The van der Waals surface area contributed by atoms with Crippen molar-refractivity contribution >= 4 is 33.2 Å². The lowest BCUT2D eigenvalue weighted by Crippen LogP contribution is -2.32. The van der Waals surface area contributed by atoms with Gasteiger partial charge in [-0.15, -0.1) is 0 Å². The van der Waals surface area contributed by atoms with Crippen LogP contribution >= 0.6 is 0 Å². The second-order valence-electron chi connectivity index (χ2n) is 7.28. The summed E-state index contributed by atoms with van der Waals surface area (Å²) in [6.45, 7) is 3.19. The summed E-state index contributed by atoms with van der Waals surface area (Å²) in [6.07, 6.45) is 0. The predicted molar refractivity (Wildman–Crippen MR) is 109 cm³/mol. The van der Waals surface area contributed by atoms with E-state index >= 15 is 0 Å². The summed E-state index contributed by atoms with van der Waals surface area (Å²) < 4.78 is 36.0. The minimum atomic E-state index is -3.74. The molecule has 29 heavy (non-hydrogen) atoms. The number of methoxy groups -OCH3 is 2. The average molecular weight is 418 g/mol. The maximum absolute atomic E-state index is 12.6. The van der Waals surface area contributed by atoms with Crippen LogP contribution in [0.3, 0.4) is 0 Å². The molecule has 1 fully saturated rings. The van der Waals surface area contributed by atoms with Crippen LogP contribution in [-0.4, -0.2) is 40.2 Å². The van der Waals surface area contributed by atoms with Gasteiger partial charge in [0.05, 0.1) is 36.8 Å². The summed E-state index contributed by atoms with van der Waals surface area (Å²) in [4.78, 5) is 25.1. The highest BCUT2D eigenvalue weighted by Crippen LogP contribution is 2.36. The van der Waals surface area contributed by atoms with Crippen LogP contribution in [-0.2, 0) is 14.8 Å². The molecule has 2 amide bonds. The summed E-state index contributed by atoms with van der Waals surface area (Å²) in [7, 11) is -0.740. The second-order valence-corrected chi connectivity index (χ2v) is 9.09. The number of carbonyl (C=O) groups is 2. The number of nitrogens with zero attached hydrogens (tertiary/aromatic N) is 1. The molecule has 1 N–H and O–H groups in total. The van der Waals surface area contributed by atoms with Gasteiger partial charge < -0.3 is 14.8 Å². The predicted octanol–water partition coefficient (Wildman–Crippen LogP) is 2.66. The molecule has 154 valence electrons. The molecule has 0 atom stereocenters. The van der Waals surface area contributed by atoms with Gasteiger partial charge in [0.2, 0.25) is 15.9 Å². The highest BCUT2D eigenvalue weighted by atomic mass is 32.2. The Hall–Kier alpha value is -3.07. The Balaban J connectivity index is 1.84. The van der Waals surface area contributed by atoms with Crippen LogP contribution < -0.4 is 19.1 Å². The van der Waals surface area contributed by atoms with Crippen molar-refractivity contribution in [3.8, 4) is 11.5 Å². The third kappa shape index (κ3) is 3.91. The number of carbonyl (C=O) groups excluding carboxylic acids is 2. The number of sulfonamides is 1. The van der Waals surface area contributed by atoms with Crippen molar-refractivity contribution < 1.29 is 27.5 Å². The topological polar surface area (TPSA) is 102 Å². The van der Waals surface area contributed by atoms with Crippen molar-refractivity contribution in [2.24, 2.45) is 5.41 Å². The molecule has 0 saturated carbocycles. The van der Waals surface area contributed by atoms with Crippen molar-refractivity contribution in [3.63, 3.8) is 0 Å². The lowest BCUT2D eigenvalue weighted by atomic mass is 9.95. The third-order valence-corrected chi connectivity index (χ3v) is 6.62. The van der Waals surface area contributed by atoms with Crippen LogP contribution in [0.25, 0.3) is 0 Å². The third-order valence-electron chi connectivity index (χ3n) is 4.60. The molecule has 9 heteroatoms. The number of rotatable bonds is 5. The lowest BCUT2D eigenvalue weighted by molar-refractivity contribution is -0.123. The SMILES string of the molecule is COc1ccc(OC)c(NC(=O)c2ccc(N3C(=O)C(C)(C)CS3(=O)=O)cc2)c1. The Bertz CT molecular complexity index is 1060. The molecule has 0 aromatic heterocycles. The highest BCUT2D eigenvalue weighted by Gasteiger charge is 2.49. The average Bonchev–Trinajstić information content (AvgIpc) is 2.84. The first-order valence-corrected chi connectivity index (χ1v) is 10.4. The van der Waals surface area contributed by atoms with E-state index in [1.807, 2.05) is 0 Å². The van der Waals surface area contributed by atoms with E-state index in [9.17, 15) is 18.0 Å². The maximum atomic E-state index is 12.6. The van der Waals surface area contributed by atoms with Crippen LogP contribution in [0.1, 0.15) is 24.2 Å². The van der Waals surface area contributed by atoms with E-state index in [-0.39, 0.29) is 11.4 Å². The van der Waals surface area contributed by atoms with Crippen molar-refractivity contribution in [1.29, 1.82) is 0 Å². The van der Waals surface area contributed by atoms with Gasteiger partial charge in [-0.3, -0.25) is 9.59 Å². The Morgan fingerprint density at radius 2 is 1.72 bits per heavy atom. The van der Waals surface area contributed by atoms with E-state index in [1.54, 1.807) is 32.0 Å². The number of anilines is 2. The second kappa shape index (κ2) is 7.40. The zero-order valence-corrected chi connectivity index (χ0v) is 17.4. The molecule has 1 heterocycles. The summed E-state index contributed by atoms with van der Waals surface area (Å²) in [5, 5.41) is 2.74. The van der Waals surface area contributed by atoms with Gasteiger partial charge in [0.1, 0.15) is 11.5 Å². The molecule has 0 radical (unpaired) electrons. The molecule has 1 aliphatic heterocycles. The van der Waals surface area contributed by atoms with Crippen molar-refractivity contribution in [2.75, 3.05) is 29.6 Å². The number of ether oxygens (including phenoxy) is 2. The van der Waals surface area contributed by atoms with Gasteiger partial charge >= 0.3 is 0 Å². The largest absolute Gasteiger partial charge is 0.497 e. The normalized spacial score (nSPS) is 17.1. The summed E-state index contributed by atoms with van der Waals surface area (Å²) >= 11 is 0. The summed E-state index contributed by atoms with van der Waals surface area (Å²) in [6, 6.07) is 10.8. The molecule has 2 aromatic carbocycles. The number of hydrogen-bond donors (Lipinski definition) is 1. The van der Waals surface area contributed by atoms with Crippen molar-refractivity contribution in [1.82, 2.24) is 0 Å². The smallest absolute Gasteiger partial charge is 0.255 e. The van der Waals surface area contributed by atoms with Gasteiger partial charge in [-0.05, 0) is 50.2 Å². The number of nitrogens with one attached hydrogen (secondary N) is 1. The van der Waals surface area contributed by atoms with Crippen molar-refractivity contribution in [2.45, 2.75) is 13.8 Å². The van der Waals surface area contributed by atoms with E-state index in [0.29, 0.717) is 22.7 Å². The minimum Gasteiger partial charge on any atom is -0.497 e. The number of amides is 2. The highest BCUT2D eigenvalue weighted by molar-refractivity contribution is 7.94. The minimum absolute atomic E-state index is 0.205. The molecular formula is C20H22N2O6S. The van der Waals surface area contributed by atoms with Gasteiger partial charge in [0, 0.05) is 11.6 Å². The quantitative estimate of drug-likeness (QED) is 0.801. The number of hydrogen-bond acceptors (Lipinski definition) is 6. The molecule has 0 unspecified atom stereocenters. The summed E-state index contributed by atoms with van der Waals surface area (Å²) in [5.74, 6) is -0.144. The van der Waals surface area contributed by atoms with Crippen LogP contribution in [0.2, 0.25) is 0 Å².